The van der Waals surface area contributed by atoms with Gasteiger partial charge in [-0.3, -0.25) is 0 Å². The van der Waals surface area contributed by atoms with Crippen LogP contribution in [0.5, 0.6) is 0 Å². The van der Waals surface area contributed by atoms with E-state index in [4.69, 9.17) is 0 Å². The summed E-state index contributed by atoms with van der Waals surface area (Å²) in [6.45, 7) is 0. The quantitative estimate of drug-likeness (QED) is 0.164. The monoisotopic (exact) mass is 824 g/mol. The van der Waals surface area contributed by atoms with E-state index in [0.717, 1.165) is 0 Å². The number of fused-ring (bicyclic) bond motifs is 10. The minimum atomic E-state index is -0.495. The van der Waals surface area contributed by atoms with Crippen LogP contribution in [0.1, 0.15) is 53.1 Å². The van der Waals surface area contributed by atoms with Crippen molar-refractivity contribution in [3.05, 3.63) is 287 Å². The summed E-state index contributed by atoms with van der Waals surface area (Å²) >= 11 is 0. The first-order valence-corrected chi connectivity index (χ1v) is 22.4. The van der Waals surface area contributed by atoms with Crippen LogP contribution in [0, 0.1) is 0 Å². The van der Waals surface area contributed by atoms with Crippen LogP contribution in [0.2, 0.25) is 0 Å². The predicted molar refractivity (Wildman–Crippen MR) is 277 cm³/mol. The molecule has 64 heavy (non-hydrogen) atoms. The molecule has 12 aromatic rings. The summed E-state index contributed by atoms with van der Waals surface area (Å²) in [5.74, 6) is 0. The molecule has 0 amide bonds. The summed E-state index contributed by atoms with van der Waals surface area (Å²) < 4.78 is 5.06. The Morgan fingerprint density at radius 3 is 0.969 bits per heavy atom. The first-order chi connectivity index (χ1) is 31.8. The first-order valence-electron chi connectivity index (χ1n) is 22.4. The molecule has 310 valence electrons. The lowest BCUT2D eigenvalue weighted by atomic mass is 9.63. The van der Waals surface area contributed by atoms with Gasteiger partial charge in [0.05, 0.1) is 44.3 Å². The molecule has 2 aliphatic rings. The van der Waals surface area contributed by atoms with E-state index < -0.39 is 10.8 Å². The maximum atomic E-state index is 2.53. The summed E-state index contributed by atoms with van der Waals surface area (Å²) in [4.78, 5) is 0. The number of aromatic nitrogens is 2. The minimum absolute atomic E-state index is 0. The summed E-state index contributed by atoms with van der Waals surface area (Å²) in [6.07, 6.45) is 0. The van der Waals surface area contributed by atoms with Crippen LogP contribution < -0.4 is 0 Å². The van der Waals surface area contributed by atoms with Gasteiger partial charge in [0.1, 0.15) is 0 Å². The third kappa shape index (κ3) is 4.44. The average Bonchev–Trinajstić information content (AvgIpc) is 3.89. The number of para-hydroxylation sites is 4. The molecule has 0 saturated heterocycles. The normalized spacial score (nSPS) is 14.2. The van der Waals surface area contributed by atoms with Crippen molar-refractivity contribution in [1.82, 2.24) is 9.13 Å². The Labute approximate surface area is 380 Å². The number of hydrogen-bond donors (Lipinski definition) is 0. The van der Waals surface area contributed by atoms with Crippen LogP contribution in [0.3, 0.4) is 0 Å². The first kappa shape index (κ1) is 35.4. The molecule has 0 bridgehead atoms. The van der Waals surface area contributed by atoms with E-state index >= 15 is 0 Å². The van der Waals surface area contributed by atoms with Gasteiger partial charge in [0, 0.05) is 30.1 Å². The summed E-state index contributed by atoms with van der Waals surface area (Å²) in [6, 6.07) is 90.6. The molecule has 2 heteroatoms. The highest BCUT2D eigenvalue weighted by Crippen LogP contribution is 2.56. The molecule has 2 nitrogen and oxygen atoms in total. The number of benzene rings is 10. The van der Waals surface area contributed by atoms with Gasteiger partial charge in [0.2, 0.25) is 0 Å². The van der Waals surface area contributed by atoms with Crippen molar-refractivity contribution in [2.45, 2.75) is 10.8 Å². The molecule has 10 aromatic carbocycles. The van der Waals surface area contributed by atoms with Crippen LogP contribution in [0.4, 0.5) is 0 Å². The highest BCUT2D eigenvalue weighted by Gasteiger charge is 2.46. The third-order valence-electron chi connectivity index (χ3n) is 14.6. The van der Waals surface area contributed by atoms with Gasteiger partial charge in [-0.1, -0.05) is 206 Å². The Kier molecular flexibility index (Phi) is 7.28. The largest absolute Gasteiger partial charge is 0.309 e. The fraction of sp³-hybridized carbons (Fsp3) is 0.0323. The van der Waals surface area contributed by atoms with Crippen molar-refractivity contribution in [1.29, 1.82) is 0 Å². The molecule has 2 aromatic heterocycles. The van der Waals surface area contributed by atoms with Crippen LogP contribution in [0.25, 0.3) is 66.1 Å². The van der Waals surface area contributed by atoms with Crippen molar-refractivity contribution in [3.63, 3.8) is 0 Å². The zero-order valence-corrected chi connectivity index (χ0v) is 35.0. The standard InChI is InChI=1S/C62H40N2.6H2/c1-5-19-43(20-6-1)61(44-21-7-2-8-22-44)51-29-13-15-33-57(51)63-55-37-35-41(39-49(55)47-27-17-31-53(61)59(47)63)42-36-38-56-50(40-42)48-28-18-32-54-60(48)64(56)58-34-16-14-30-52(58)62(54,45-23-9-3-10-24-45)46-25-11-4-12-26-46;;;;;;/h1-40H;6*1H. The van der Waals surface area contributed by atoms with Gasteiger partial charge in [0.15, 0.2) is 0 Å². The van der Waals surface area contributed by atoms with E-state index in [2.05, 4.69) is 252 Å². The van der Waals surface area contributed by atoms with E-state index in [1.807, 2.05) is 0 Å². The van der Waals surface area contributed by atoms with Gasteiger partial charge in [0.25, 0.3) is 0 Å². The molecule has 2 aliphatic heterocycles. The van der Waals surface area contributed by atoms with Crippen LogP contribution in [-0.2, 0) is 10.8 Å². The Balaban J connectivity index is 0.00000110. The molecule has 14 rings (SSSR count). The Hall–Kier alpha value is -8.20. The van der Waals surface area contributed by atoms with E-state index in [-0.39, 0.29) is 8.56 Å². The molecule has 0 atom stereocenters. The molecule has 0 radical (unpaired) electrons. The van der Waals surface area contributed by atoms with Gasteiger partial charge in [-0.05, 0) is 92.0 Å². The summed E-state index contributed by atoms with van der Waals surface area (Å²) in [5, 5.41) is 5.05. The molecule has 0 aliphatic carbocycles. The van der Waals surface area contributed by atoms with E-state index in [0.29, 0.717) is 0 Å². The van der Waals surface area contributed by atoms with Gasteiger partial charge < -0.3 is 9.13 Å². The van der Waals surface area contributed by atoms with E-state index in [1.54, 1.807) is 0 Å². The Bertz CT molecular complexity index is 3520. The van der Waals surface area contributed by atoms with Crippen LogP contribution >= 0.6 is 0 Å². The molecule has 0 saturated carbocycles. The van der Waals surface area contributed by atoms with Crippen molar-refractivity contribution in [2.75, 3.05) is 0 Å². The van der Waals surface area contributed by atoms with Gasteiger partial charge in [-0.2, -0.15) is 0 Å². The summed E-state index contributed by atoms with van der Waals surface area (Å²) in [7, 11) is 0. The highest BCUT2D eigenvalue weighted by molar-refractivity contribution is 6.15. The number of hydrogen-bond acceptors (Lipinski definition) is 0. The van der Waals surface area contributed by atoms with Gasteiger partial charge in [-0.15, -0.1) is 0 Å². The Morgan fingerprint density at radius 1 is 0.266 bits per heavy atom. The van der Waals surface area contributed by atoms with Gasteiger partial charge >= 0.3 is 0 Å². The molecule has 0 spiro atoms. The lowest BCUT2D eigenvalue weighted by Gasteiger charge is -2.41. The van der Waals surface area contributed by atoms with Crippen molar-refractivity contribution in [2.24, 2.45) is 0 Å². The molecule has 4 heterocycles. The van der Waals surface area contributed by atoms with Crippen LogP contribution in [0.15, 0.2) is 243 Å². The van der Waals surface area contributed by atoms with Crippen molar-refractivity contribution >= 4 is 43.6 Å². The molecular weight excluding hydrogens is 773 g/mol. The lowest BCUT2D eigenvalue weighted by Crippen LogP contribution is -2.35. The second-order valence-corrected chi connectivity index (χ2v) is 17.5. The second kappa shape index (κ2) is 13.2. The molecular formula is C62H52N2. The average molecular weight is 825 g/mol. The van der Waals surface area contributed by atoms with Gasteiger partial charge in [-0.25, -0.2) is 0 Å². The van der Waals surface area contributed by atoms with E-state index in [9.17, 15) is 0 Å². The Morgan fingerprint density at radius 2 is 0.594 bits per heavy atom. The SMILES string of the molecule is [HH].[HH].[HH].[HH].[HH].[HH].c1ccc(C2(c3ccccc3)c3ccccc3-n3c4ccc(-c5ccc6c(c5)c5cccc7c5n6-c5ccccc5C7(c5ccccc5)c5ccccc5)cc4c4cccc2c43)cc1. The second-order valence-electron chi connectivity index (χ2n) is 17.5. The molecule has 0 unspecified atom stereocenters. The van der Waals surface area contributed by atoms with E-state index in [1.165, 1.54) is 111 Å². The zero-order chi connectivity index (χ0) is 42.0. The predicted octanol–water partition coefficient (Wildman–Crippen LogP) is 16.4. The topological polar surface area (TPSA) is 9.86 Å². The number of rotatable bonds is 5. The molecule has 0 N–H and O–H groups in total. The number of nitrogens with zero attached hydrogens (tertiary/aromatic N) is 2. The van der Waals surface area contributed by atoms with Crippen molar-refractivity contribution in [3.8, 4) is 22.5 Å². The fourth-order valence-corrected chi connectivity index (χ4v) is 12.2. The highest BCUT2D eigenvalue weighted by atomic mass is 15.0. The molecule has 0 fully saturated rings. The van der Waals surface area contributed by atoms with Crippen molar-refractivity contribution < 1.29 is 8.56 Å². The maximum absolute atomic E-state index is 2.53. The maximum Gasteiger partial charge on any atom is 0.0742 e. The minimum Gasteiger partial charge on any atom is -0.309 e. The third-order valence-corrected chi connectivity index (χ3v) is 14.6. The zero-order valence-electron chi connectivity index (χ0n) is 35.0. The lowest BCUT2D eigenvalue weighted by molar-refractivity contribution is 0.728. The summed E-state index contributed by atoms with van der Waals surface area (Å²) in [5.41, 5.74) is 19.1. The van der Waals surface area contributed by atoms with Crippen LogP contribution in [-0.4, -0.2) is 9.13 Å². The fourth-order valence-electron chi connectivity index (χ4n) is 12.2. The smallest absolute Gasteiger partial charge is 0.0742 e.